The molecule has 0 saturated heterocycles. The van der Waals surface area contributed by atoms with E-state index in [0.717, 1.165) is 25.1 Å². The molecule has 1 N–H and O–H groups in total. The first-order valence-electron chi connectivity index (χ1n) is 6.17. The van der Waals surface area contributed by atoms with E-state index in [1.54, 1.807) is 0 Å². The summed E-state index contributed by atoms with van der Waals surface area (Å²) in [5.74, 6) is 1.14. The maximum atomic E-state index is 9.43. The van der Waals surface area contributed by atoms with Crippen LogP contribution in [-0.4, -0.2) is 21.3 Å². The van der Waals surface area contributed by atoms with E-state index in [2.05, 4.69) is 30.3 Å². The molecule has 0 fully saturated rings. The Morgan fingerprint density at radius 1 is 1.50 bits per heavy atom. The van der Waals surface area contributed by atoms with Crippen molar-refractivity contribution in [2.24, 2.45) is 5.41 Å². The number of fused-ring (bicyclic) bond motifs is 1. The van der Waals surface area contributed by atoms with E-state index >= 15 is 0 Å². The molecule has 2 rings (SSSR count). The summed E-state index contributed by atoms with van der Waals surface area (Å²) >= 11 is 0. The largest absolute Gasteiger partial charge is 0.394 e. The monoisotopic (exact) mass is 222 g/mol. The Morgan fingerprint density at radius 3 is 2.88 bits per heavy atom. The molecule has 0 radical (unpaired) electrons. The van der Waals surface area contributed by atoms with Gasteiger partial charge in [-0.1, -0.05) is 20.8 Å². The van der Waals surface area contributed by atoms with Gasteiger partial charge < -0.3 is 9.67 Å². The van der Waals surface area contributed by atoms with E-state index in [0.29, 0.717) is 0 Å². The minimum atomic E-state index is 0.237. The fourth-order valence-corrected chi connectivity index (χ4v) is 2.50. The molecule has 90 valence electrons. The summed E-state index contributed by atoms with van der Waals surface area (Å²) in [6.07, 6.45) is 6.32. The lowest BCUT2D eigenvalue weighted by Gasteiger charge is -2.27. The Balaban J connectivity index is 2.30. The van der Waals surface area contributed by atoms with Gasteiger partial charge in [0.25, 0.3) is 0 Å². The number of nitrogens with zero attached hydrogens (tertiary/aromatic N) is 2. The zero-order valence-electron chi connectivity index (χ0n) is 10.5. The van der Waals surface area contributed by atoms with E-state index < -0.39 is 0 Å². The third kappa shape index (κ3) is 2.29. The fourth-order valence-electron chi connectivity index (χ4n) is 2.50. The van der Waals surface area contributed by atoms with Gasteiger partial charge in [-0.25, -0.2) is 4.98 Å². The van der Waals surface area contributed by atoms with Crippen LogP contribution < -0.4 is 0 Å². The van der Waals surface area contributed by atoms with Crippen molar-refractivity contribution in [2.75, 3.05) is 6.61 Å². The second-order valence-corrected chi connectivity index (χ2v) is 6.00. The number of rotatable bonds is 2. The highest BCUT2D eigenvalue weighted by Gasteiger charge is 2.24. The standard InChI is InChI=1S/C13H22N2O/c1-13(2,3)7-12-14-8-10-5-4-6-11(9-16)15(10)12/h8,11,16H,4-7,9H2,1-3H3. The quantitative estimate of drug-likeness (QED) is 0.834. The number of aryl methyl sites for hydroxylation is 1. The Kier molecular flexibility index (Phi) is 3.06. The van der Waals surface area contributed by atoms with Crippen LogP contribution in [0.5, 0.6) is 0 Å². The minimum Gasteiger partial charge on any atom is -0.394 e. The number of aliphatic hydroxyl groups excluding tert-OH is 1. The van der Waals surface area contributed by atoms with Crippen LogP contribution in [0.3, 0.4) is 0 Å². The van der Waals surface area contributed by atoms with Crippen molar-refractivity contribution in [3.63, 3.8) is 0 Å². The summed E-state index contributed by atoms with van der Waals surface area (Å²) < 4.78 is 2.27. The molecule has 0 aromatic carbocycles. The summed E-state index contributed by atoms with van der Waals surface area (Å²) in [5, 5.41) is 9.43. The number of hydrogen-bond donors (Lipinski definition) is 1. The Morgan fingerprint density at radius 2 is 2.25 bits per heavy atom. The summed E-state index contributed by atoms with van der Waals surface area (Å²) in [6, 6.07) is 0.253. The molecule has 2 heterocycles. The van der Waals surface area contributed by atoms with Crippen LogP contribution in [0.15, 0.2) is 6.20 Å². The van der Waals surface area contributed by atoms with Gasteiger partial charge in [-0.3, -0.25) is 0 Å². The van der Waals surface area contributed by atoms with E-state index in [1.165, 1.54) is 12.1 Å². The highest BCUT2D eigenvalue weighted by Crippen LogP contribution is 2.29. The first kappa shape index (κ1) is 11.6. The van der Waals surface area contributed by atoms with Gasteiger partial charge in [0.15, 0.2) is 0 Å². The Labute approximate surface area is 97.5 Å². The molecule has 1 aliphatic rings. The molecule has 1 atom stereocenters. The zero-order valence-corrected chi connectivity index (χ0v) is 10.5. The molecular formula is C13H22N2O. The summed E-state index contributed by atoms with van der Waals surface area (Å²) in [4.78, 5) is 4.53. The smallest absolute Gasteiger partial charge is 0.109 e. The van der Waals surface area contributed by atoms with Crippen LogP contribution in [-0.2, 0) is 12.8 Å². The molecule has 1 aliphatic heterocycles. The summed E-state index contributed by atoms with van der Waals surface area (Å²) in [6.45, 7) is 6.92. The van der Waals surface area contributed by atoms with Gasteiger partial charge in [-0.2, -0.15) is 0 Å². The van der Waals surface area contributed by atoms with Crippen LogP contribution in [0, 0.1) is 5.41 Å². The van der Waals surface area contributed by atoms with Crippen LogP contribution >= 0.6 is 0 Å². The van der Waals surface area contributed by atoms with Crippen LogP contribution in [0.2, 0.25) is 0 Å². The van der Waals surface area contributed by atoms with Gasteiger partial charge in [0, 0.05) is 18.3 Å². The summed E-state index contributed by atoms with van der Waals surface area (Å²) in [7, 11) is 0. The van der Waals surface area contributed by atoms with Gasteiger partial charge >= 0.3 is 0 Å². The SMILES string of the molecule is CC(C)(C)Cc1ncc2n1C(CO)CCC2. The number of aliphatic hydroxyl groups is 1. The van der Waals surface area contributed by atoms with Gasteiger partial charge in [-0.05, 0) is 24.7 Å². The molecule has 3 heteroatoms. The van der Waals surface area contributed by atoms with Crippen molar-refractivity contribution in [1.82, 2.24) is 9.55 Å². The Hall–Kier alpha value is -0.830. The first-order chi connectivity index (χ1) is 7.51. The predicted octanol–water partition coefficient (Wildman–Crippen LogP) is 2.34. The highest BCUT2D eigenvalue weighted by molar-refractivity contribution is 5.11. The number of imidazole rings is 1. The molecule has 0 amide bonds. The van der Waals surface area contributed by atoms with Crippen molar-refractivity contribution in [3.05, 3.63) is 17.7 Å². The molecule has 0 spiro atoms. The average molecular weight is 222 g/mol. The van der Waals surface area contributed by atoms with E-state index in [-0.39, 0.29) is 18.1 Å². The lowest BCUT2D eigenvalue weighted by Crippen LogP contribution is -2.24. The van der Waals surface area contributed by atoms with Gasteiger partial charge in [0.2, 0.25) is 0 Å². The predicted molar refractivity (Wildman–Crippen MR) is 64.4 cm³/mol. The second kappa shape index (κ2) is 4.21. The fraction of sp³-hybridized carbons (Fsp3) is 0.769. The topological polar surface area (TPSA) is 38.0 Å². The third-order valence-corrected chi connectivity index (χ3v) is 3.18. The van der Waals surface area contributed by atoms with Crippen LogP contribution in [0.1, 0.15) is 51.2 Å². The lowest BCUT2D eigenvalue weighted by atomic mass is 9.91. The molecule has 1 aromatic rings. The molecule has 1 aromatic heterocycles. The van der Waals surface area contributed by atoms with E-state index in [9.17, 15) is 5.11 Å². The third-order valence-electron chi connectivity index (χ3n) is 3.18. The molecule has 3 nitrogen and oxygen atoms in total. The van der Waals surface area contributed by atoms with E-state index in [1.807, 2.05) is 6.20 Å². The average Bonchev–Trinajstić information content (AvgIpc) is 2.59. The first-order valence-corrected chi connectivity index (χ1v) is 6.17. The number of hydrogen-bond acceptors (Lipinski definition) is 2. The zero-order chi connectivity index (χ0) is 11.8. The van der Waals surface area contributed by atoms with Crippen molar-refractivity contribution in [2.45, 2.75) is 52.5 Å². The minimum absolute atomic E-state index is 0.237. The molecule has 1 unspecified atom stereocenters. The van der Waals surface area contributed by atoms with Crippen LogP contribution in [0.4, 0.5) is 0 Å². The van der Waals surface area contributed by atoms with Crippen molar-refractivity contribution < 1.29 is 5.11 Å². The number of aromatic nitrogens is 2. The molecule has 0 aliphatic carbocycles. The maximum absolute atomic E-state index is 9.43. The van der Waals surface area contributed by atoms with Crippen molar-refractivity contribution in [3.8, 4) is 0 Å². The van der Waals surface area contributed by atoms with Gasteiger partial charge in [-0.15, -0.1) is 0 Å². The lowest BCUT2D eigenvalue weighted by molar-refractivity contribution is 0.201. The van der Waals surface area contributed by atoms with Crippen molar-refractivity contribution in [1.29, 1.82) is 0 Å². The molecular weight excluding hydrogens is 200 g/mol. The normalized spacial score (nSPS) is 20.9. The summed E-state index contributed by atoms with van der Waals surface area (Å²) in [5.41, 5.74) is 1.55. The molecule has 0 bridgehead atoms. The van der Waals surface area contributed by atoms with E-state index in [4.69, 9.17) is 0 Å². The van der Waals surface area contributed by atoms with Crippen molar-refractivity contribution >= 4 is 0 Å². The highest BCUT2D eigenvalue weighted by atomic mass is 16.3. The van der Waals surface area contributed by atoms with Gasteiger partial charge in [0.1, 0.15) is 5.82 Å². The molecule has 16 heavy (non-hydrogen) atoms. The van der Waals surface area contributed by atoms with Gasteiger partial charge in [0.05, 0.1) is 12.6 Å². The molecule has 0 saturated carbocycles. The van der Waals surface area contributed by atoms with Crippen LogP contribution in [0.25, 0.3) is 0 Å². The Bertz CT molecular complexity index is 362. The maximum Gasteiger partial charge on any atom is 0.109 e. The second-order valence-electron chi connectivity index (χ2n) is 6.00.